The Morgan fingerprint density at radius 3 is 2.46 bits per heavy atom. The van der Waals surface area contributed by atoms with Crippen molar-refractivity contribution in [3.05, 3.63) is 102 Å². The summed E-state index contributed by atoms with van der Waals surface area (Å²) in [6.07, 6.45) is 12.0. The quantitative estimate of drug-likeness (QED) is 0.345. The van der Waals surface area contributed by atoms with Crippen molar-refractivity contribution in [3.8, 4) is 11.4 Å². The number of nitrogens with zero attached hydrogens (tertiary/aromatic N) is 5. The predicted octanol–water partition coefficient (Wildman–Crippen LogP) is 6.14. The number of pyridine rings is 2. The molecule has 0 fully saturated rings. The molecule has 0 unspecified atom stereocenters. The molecule has 0 amide bonds. The van der Waals surface area contributed by atoms with Crippen molar-refractivity contribution in [2.24, 2.45) is 4.99 Å². The van der Waals surface area contributed by atoms with Crippen molar-refractivity contribution < 1.29 is 0 Å². The van der Waals surface area contributed by atoms with Crippen LogP contribution in [0.4, 0.5) is 5.69 Å². The number of anilines is 1. The Kier molecular flexibility index (Phi) is 5.75. The van der Waals surface area contributed by atoms with E-state index in [9.17, 15) is 0 Å². The number of aliphatic imine (C=N–C) groups is 1. The molecule has 35 heavy (non-hydrogen) atoms. The minimum Gasteiger partial charge on any atom is -0.371 e. The van der Waals surface area contributed by atoms with E-state index >= 15 is 0 Å². The number of aromatic nitrogens is 3. The van der Waals surface area contributed by atoms with Crippen LogP contribution in [0.3, 0.4) is 0 Å². The largest absolute Gasteiger partial charge is 0.371 e. The van der Waals surface area contributed by atoms with Gasteiger partial charge in [0.05, 0.1) is 17.1 Å². The van der Waals surface area contributed by atoms with Crippen molar-refractivity contribution in [1.82, 2.24) is 14.4 Å². The average molecular weight is 460 g/mol. The van der Waals surface area contributed by atoms with E-state index < -0.39 is 0 Å². The van der Waals surface area contributed by atoms with E-state index in [1.165, 1.54) is 11.3 Å². The lowest BCUT2D eigenvalue weighted by molar-refractivity contribution is 0.812. The standard InChI is InChI=1S/C30H29N5/c1-22-9-8-10-26(32-22)29-30(35-20-7-4-11-28(35)33-29)24-16-17-31-27(21-24)23-12-14-25(15-13-23)34-18-5-2-3-6-19-34/h2-4,7-15,20-21H,5-6,16-19H2,1H3. The van der Waals surface area contributed by atoms with Crippen molar-refractivity contribution in [2.45, 2.75) is 26.2 Å². The van der Waals surface area contributed by atoms with Gasteiger partial charge in [0.2, 0.25) is 0 Å². The van der Waals surface area contributed by atoms with Crippen LogP contribution in [0.25, 0.3) is 22.6 Å². The maximum Gasteiger partial charge on any atom is 0.138 e. The lowest BCUT2D eigenvalue weighted by Crippen LogP contribution is -2.23. The second-order valence-electron chi connectivity index (χ2n) is 9.17. The minimum atomic E-state index is 0.765. The van der Waals surface area contributed by atoms with Gasteiger partial charge in [0.25, 0.3) is 0 Å². The maximum absolute atomic E-state index is 4.98. The normalized spacial score (nSPS) is 16.2. The van der Waals surface area contributed by atoms with E-state index in [0.29, 0.717) is 0 Å². The summed E-state index contributed by atoms with van der Waals surface area (Å²) in [6.45, 7) is 4.94. The van der Waals surface area contributed by atoms with Gasteiger partial charge < -0.3 is 4.90 Å². The van der Waals surface area contributed by atoms with E-state index in [2.05, 4.69) is 76.2 Å². The topological polar surface area (TPSA) is 45.8 Å². The zero-order chi connectivity index (χ0) is 23.6. The van der Waals surface area contributed by atoms with Crippen molar-refractivity contribution in [1.29, 1.82) is 0 Å². The number of rotatable bonds is 4. The predicted molar refractivity (Wildman–Crippen MR) is 144 cm³/mol. The summed E-state index contributed by atoms with van der Waals surface area (Å²) < 4.78 is 2.19. The molecule has 0 atom stereocenters. The Balaban J connectivity index is 1.37. The Morgan fingerprint density at radius 1 is 0.829 bits per heavy atom. The van der Waals surface area contributed by atoms with Crippen molar-refractivity contribution in [3.63, 3.8) is 0 Å². The first-order valence-corrected chi connectivity index (χ1v) is 12.4. The summed E-state index contributed by atoms with van der Waals surface area (Å²) in [6, 6.07) is 21.2. The second-order valence-corrected chi connectivity index (χ2v) is 9.17. The molecule has 2 aliphatic rings. The second kappa shape index (κ2) is 9.34. The summed E-state index contributed by atoms with van der Waals surface area (Å²) in [5.41, 5.74) is 9.59. The zero-order valence-electron chi connectivity index (χ0n) is 20.1. The molecule has 0 saturated carbocycles. The van der Waals surface area contributed by atoms with Gasteiger partial charge in [-0.05, 0) is 79.8 Å². The summed E-state index contributed by atoms with van der Waals surface area (Å²) in [5.74, 6) is 0. The van der Waals surface area contributed by atoms with Crippen LogP contribution in [0.1, 0.15) is 36.2 Å². The van der Waals surface area contributed by atoms with Crippen LogP contribution in [0.15, 0.2) is 90.1 Å². The molecule has 1 aromatic carbocycles. The van der Waals surface area contributed by atoms with Crippen molar-refractivity contribution in [2.75, 3.05) is 24.5 Å². The van der Waals surface area contributed by atoms with Crippen LogP contribution in [0.5, 0.6) is 0 Å². The Labute approximate surface area is 206 Å². The number of dihydropyridines is 1. The third-order valence-corrected chi connectivity index (χ3v) is 6.77. The monoisotopic (exact) mass is 459 g/mol. The first kappa shape index (κ1) is 21.5. The van der Waals surface area contributed by atoms with Crippen LogP contribution < -0.4 is 4.90 Å². The number of benzene rings is 1. The average Bonchev–Trinajstić information content (AvgIpc) is 3.08. The maximum atomic E-state index is 4.98. The van der Waals surface area contributed by atoms with Crippen LogP contribution in [0, 0.1) is 6.92 Å². The molecule has 0 spiro atoms. The summed E-state index contributed by atoms with van der Waals surface area (Å²) >= 11 is 0. The number of hydrogen-bond acceptors (Lipinski definition) is 4. The van der Waals surface area contributed by atoms with E-state index in [1.807, 2.05) is 25.1 Å². The molecular formula is C30H29N5. The molecule has 2 aliphatic heterocycles. The molecular weight excluding hydrogens is 430 g/mol. The SMILES string of the molecule is Cc1cccc(-c2nc3ccccn3c2C2=CC(c3ccc(N4CCC=CCC4)cc3)=NCC2)n1. The number of aryl methyl sites for hydroxylation is 1. The van der Waals surface area contributed by atoms with Gasteiger partial charge in [-0.15, -0.1) is 0 Å². The molecule has 4 aromatic rings. The van der Waals surface area contributed by atoms with Crippen LogP contribution >= 0.6 is 0 Å². The third-order valence-electron chi connectivity index (χ3n) is 6.77. The van der Waals surface area contributed by atoms with Gasteiger partial charge >= 0.3 is 0 Å². The van der Waals surface area contributed by atoms with E-state index in [4.69, 9.17) is 15.0 Å². The lowest BCUT2D eigenvalue weighted by atomic mass is 9.98. The van der Waals surface area contributed by atoms with Gasteiger partial charge in [-0.1, -0.05) is 36.4 Å². The van der Waals surface area contributed by atoms with Crippen LogP contribution in [-0.2, 0) is 0 Å². The fourth-order valence-electron chi connectivity index (χ4n) is 5.01. The van der Waals surface area contributed by atoms with E-state index in [0.717, 1.165) is 78.6 Å². The number of allylic oxidation sites excluding steroid dienone is 1. The fraction of sp³-hybridized carbons (Fsp3) is 0.233. The van der Waals surface area contributed by atoms with Gasteiger partial charge in [0.1, 0.15) is 11.3 Å². The lowest BCUT2D eigenvalue weighted by Gasteiger charge is -2.23. The highest BCUT2D eigenvalue weighted by molar-refractivity contribution is 6.13. The molecule has 0 aliphatic carbocycles. The van der Waals surface area contributed by atoms with Crippen LogP contribution in [0.2, 0.25) is 0 Å². The molecule has 174 valence electrons. The van der Waals surface area contributed by atoms with Gasteiger partial charge in [0, 0.05) is 37.2 Å². The summed E-state index contributed by atoms with van der Waals surface area (Å²) in [7, 11) is 0. The number of hydrogen-bond donors (Lipinski definition) is 0. The van der Waals surface area contributed by atoms with Crippen molar-refractivity contribution >= 4 is 22.6 Å². The van der Waals surface area contributed by atoms with Gasteiger partial charge in [-0.2, -0.15) is 0 Å². The number of imidazole rings is 1. The van der Waals surface area contributed by atoms with Crippen LogP contribution in [-0.4, -0.2) is 39.7 Å². The Morgan fingerprint density at radius 2 is 1.66 bits per heavy atom. The Hall–Kier alpha value is -3.99. The van der Waals surface area contributed by atoms with Gasteiger partial charge in [0.15, 0.2) is 0 Å². The molecule has 5 heterocycles. The molecule has 0 saturated heterocycles. The molecule has 5 heteroatoms. The fourth-order valence-corrected chi connectivity index (χ4v) is 5.01. The molecule has 0 N–H and O–H groups in total. The molecule has 6 rings (SSSR count). The highest BCUT2D eigenvalue weighted by Gasteiger charge is 2.21. The summed E-state index contributed by atoms with van der Waals surface area (Å²) in [4.78, 5) is 17.1. The third kappa shape index (κ3) is 4.30. The molecule has 0 radical (unpaired) electrons. The van der Waals surface area contributed by atoms with Gasteiger partial charge in [-0.25, -0.2) is 4.98 Å². The van der Waals surface area contributed by atoms with E-state index in [1.54, 1.807) is 0 Å². The Bertz CT molecular complexity index is 1450. The molecule has 3 aromatic heterocycles. The number of fused-ring (bicyclic) bond motifs is 1. The van der Waals surface area contributed by atoms with Gasteiger partial charge in [-0.3, -0.25) is 14.4 Å². The smallest absolute Gasteiger partial charge is 0.138 e. The molecule has 0 bridgehead atoms. The molecule has 5 nitrogen and oxygen atoms in total. The minimum absolute atomic E-state index is 0.765. The highest BCUT2D eigenvalue weighted by Crippen LogP contribution is 2.32. The summed E-state index contributed by atoms with van der Waals surface area (Å²) in [5, 5.41) is 0. The first-order chi connectivity index (χ1) is 17.3. The first-order valence-electron chi connectivity index (χ1n) is 12.4. The zero-order valence-corrected chi connectivity index (χ0v) is 20.1. The highest BCUT2D eigenvalue weighted by atomic mass is 15.1. The van der Waals surface area contributed by atoms with E-state index in [-0.39, 0.29) is 0 Å².